The zero-order chi connectivity index (χ0) is 17.5. The third-order valence-corrected chi connectivity index (χ3v) is 5.80. The summed E-state index contributed by atoms with van der Waals surface area (Å²) < 4.78 is 0. The van der Waals surface area contributed by atoms with Gasteiger partial charge in [0.1, 0.15) is 0 Å². The summed E-state index contributed by atoms with van der Waals surface area (Å²) in [6.07, 6.45) is 6.76. The number of carbonyl (C=O) groups excluding carboxylic acids is 2. The number of unbranched alkanes of at least 4 members (excludes halogenated alkanes) is 5. The number of likely N-dealkylation sites (N-methyl/N-ethyl adjacent to an activating group) is 1. The largest absolute Gasteiger partial charge is 0.336 e. The number of alkyl halides is 1. The molecule has 0 aromatic heterocycles. The Morgan fingerprint density at radius 2 is 1.92 bits per heavy atom. The van der Waals surface area contributed by atoms with E-state index in [0.717, 1.165) is 30.3 Å². The van der Waals surface area contributed by atoms with Crippen LogP contribution in [-0.4, -0.2) is 64.3 Å². The van der Waals surface area contributed by atoms with Gasteiger partial charge in [0, 0.05) is 25.2 Å². The molecule has 2 aliphatic heterocycles. The lowest BCUT2D eigenvalue weighted by atomic mass is 10.1. The molecule has 24 heavy (non-hydrogen) atoms. The van der Waals surface area contributed by atoms with E-state index in [1.54, 1.807) is 18.8 Å². The van der Waals surface area contributed by atoms with Crippen molar-refractivity contribution in [2.45, 2.75) is 57.7 Å². The van der Waals surface area contributed by atoms with Gasteiger partial charge in [0.15, 0.2) is 17.4 Å². The van der Waals surface area contributed by atoms with Gasteiger partial charge in [-0.25, -0.2) is 9.79 Å². The van der Waals surface area contributed by atoms with Crippen molar-refractivity contribution in [3.63, 3.8) is 0 Å². The smallest absolute Gasteiger partial charge is 0.325 e. The van der Waals surface area contributed by atoms with Crippen LogP contribution in [0, 0.1) is 0 Å². The number of amides is 3. The van der Waals surface area contributed by atoms with Gasteiger partial charge in [-0.05, 0) is 6.42 Å². The number of thioether (sulfide) groups is 1. The van der Waals surface area contributed by atoms with Crippen LogP contribution in [0.15, 0.2) is 4.99 Å². The highest BCUT2D eigenvalue weighted by Crippen LogP contribution is 2.29. The number of carbonyl (C=O) groups is 2. The Labute approximate surface area is 153 Å². The molecule has 2 unspecified atom stereocenters. The van der Waals surface area contributed by atoms with E-state index < -0.39 is 12.2 Å². The second-order valence-electron chi connectivity index (χ2n) is 6.17. The molecule has 0 aliphatic carbocycles. The minimum absolute atomic E-state index is 0.251. The molecule has 2 atom stereocenters. The number of nitrogens with one attached hydrogen (secondary N) is 1. The van der Waals surface area contributed by atoms with Gasteiger partial charge in [0.05, 0.1) is 0 Å². The molecule has 3 amide bonds. The van der Waals surface area contributed by atoms with Crippen LogP contribution >= 0.6 is 23.4 Å². The first-order valence-electron chi connectivity index (χ1n) is 8.71. The van der Waals surface area contributed by atoms with E-state index in [2.05, 4.69) is 22.1 Å². The number of hydrogen-bond donors (Lipinski definition) is 1. The Morgan fingerprint density at radius 1 is 1.21 bits per heavy atom. The summed E-state index contributed by atoms with van der Waals surface area (Å²) >= 11 is 7.36. The highest BCUT2D eigenvalue weighted by molar-refractivity contribution is 8.13. The number of fused-ring (bicyclic) bond motifs is 1. The van der Waals surface area contributed by atoms with Crippen LogP contribution < -0.4 is 5.32 Å². The summed E-state index contributed by atoms with van der Waals surface area (Å²) in [5.41, 5.74) is 0. The Hall–Kier alpha value is -0.950. The van der Waals surface area contributed by atoms with Gasteiger partial charge < -0.3 is 9.80 Å². The van der Waals surface area contributed by atoms with Crippen molar-refractivity contribution in [1.82, 2.24) is 15.1 Å². The van der Waals surface area contributed by atoms with E-state index in [0.29, 0.717) is 5.88 Å². The summed E-state index contributed by atoms with van der Waals surface area (Å²) in [6.45, 7) is 3.00. The maximum atomic E-state index is 12.3. The summed E-state index contributed by atoms with van der Waals surface area (Å²) in [5, 5.41) is 3.25. The van der Waals surface area contributed by atoms with E-state index in [1.807, 2.05) is 0 Å². The third-order valence-electron chi connectivity index (χ3n) is 4.38. The first-order chi connectivity index (χ1) is 11.6. The van der Waals surface area contributed by atoms with Crippen LogP contribution in [-0.2, 0) is 4.79 Å². The molecule has 0 radical (unpaired) electrons. The second kappa shape index (κ2) is 9.51. The molecule has 1 N–H and O–H groups in total. The van der Waals surface area contributed by atoms with E-state index in [-0.39, 0.29) is 11.9 Å². The number of rotatable bonds is 9. The fraction of sp³-hybridized carbons (Fsp3) is 0.812. The topological polar surface area (TPSA) is 65.0 Å². The van der Waals surface area contributed by atoms with Gasteiger partial charge in [0.25, 0.3) is 5.91 Å². The van der Waals surface area contributed by atoms with Crippen LogP contribution in [0.4, 0.5) is 4.79 Å². The summed E-state index contributed by atoms with van der Waals surface area (Å²) in [5.74, 6) is 1.02. The average molecular weight is 375 g/mol. The first-order valence-corrected chi connectivity index (χ1v) is 10.2. The number of hydrogen-bond acceptors (Lipinski definition) is 5. The van der Waals surface area contributed by atoms with E-state index in [1.165, 1.54) is 30.6 Å². The van der Waals surface area contributed by atoms with Gasteiger partial charge in [-0.2, -0.15) is 0 Å². The van der Waals surface area contributed by atoms with Crippen LogP contribution in [0.2, 0.25) is 0 Å². The normalized spacial score (nSPS) is 23.4. The average Bonchev–Trinajstić information content (AvgIpc) is 2.93. The summed E-state index contributed by atoms with van der Waals surface area (Å²) in [6, 6.07) is -0.797. The molecular weight excluding hydrogens is 348 g/mol. The molecule has 2 rings (SSSR count). The molecule has 136 valence electrons. The van der Waals surface area contributed by atoms with Crippen molar-refractivity contribution in [1.29, 1.82) is 0 Å². The van der Waals surface area contributed by atoms with Crippen molar-refractivity contribution in [3.05, 3.63) is 0 Å². The molecule has 0 spiro atoms. The highest BCUT2D eigenvalue weighted by Gasteiger charge is 2.48. The van der Waals surface area contributed by atoms with Crippen molar-refractivity contribution < 1.29 is 9.59 Å². The quantitative estimate of drug-likeness (QED) is 0.498. The van der Waals surface area contributed by atoms with Gasteiger partial charge in [0.2, 0.25) is 0 Å². The van der Waals surface area contributed by atoms with Gasteiger partial charge in [-0.3, -0.25) is 10.1 Å². The molecule has 0 aromatic carbocycles. The summed E-state index contributed by atoms with van der Waals surface area (Å²) in [4.78, 5) is 32.3. The van der Waals surface area contributed by atoms with Crippen molar-refractivity contribution in [2.24, 2.45) is 4.99 Å². The van der Waals surface area contributed by atoms with Gasteiger partial charge >= 0.3 is 6.03 Å². The van der Waals surface area contributed by atoms with Crippen molar-refractivity contribution in [2.75, 3.05) is 25.2 Å². The number of halogens is 1. The molecule has 0 bridgehead atoms. The van der Waals surface area contributed by atoms with Crippen LogP contribution in [0.3, 0.4) is 0 Å². The number of nitrogens with zero attached hydrogens (tertiary/aromatic N) is 3. The lowest BCUT2D eigenvalue weighted by molar-refractivity contribution is -0.127. The molecule has 2 aliphatic rings. The maximum absolute atomic E-state index is 12.3. The van der Waals surface area contributed by atoms with Crippen molar-refractivity contribution in [3.8, 4) is 0 Å². The minimum Gasteiger partial charge on any atom is -0.336 e. The molecule has 8 heteroatoms. The zero-order valence-corrected chi connectivity index (χ0v) is 16.0. The van der Waals surface area contributed by atoms with Crippen LogP contribution in [0.5, 0.6) is 0 Å². The molecular formula is C16H27ClN4O2S. The molecule has 0 saturated carbocycles. The maximum Gasteiger partial charge on any atom is 0.325 e. The predicted molar refractivity (Wildman–Crippen MR) is 99.6 cm³/mol. The second-order valence-corrected chi connectivity index (χ2v) is 7.61. The fourth-order valence-corrected chi connectivity index (χ4v) is 4.09. The summed E-state index contributed by atoms with van der Waals surface area (Å²) in [7, 11) is 1.68. The van der Waals surface area contributed by atoms with Gasteiger partial charge in [-0.15, -0.1) is 11.6 Å². The lowest BCUT2D eigenvalue weighted by Gasteiger charge is -2.36. The minimum atomic E-state index is -0.427. The zero-order valence-electron chi connectivity index (χ0n) is 14.5. The van der Waals surface area contributed by atoms with Crippen molar-refractivity contribution >= 4 is 40.5 Å². The monoisotopic (exact) mass is 374 g/mol. The van der Waals surface area contributed by atoms with E-state index in [4.69, 9.17) is 11.6 Å². The number of urea groups is 1. The van der Waals surface area contributed by atoms with Crippen LogP contribution in [0.25, 0.3) is 0 Å². The molecule has 0 aromatic rings. The number of imide groups is 1. The number of amidine groups is 1. The Morgan fingerprint density at radius 3 is 2.62 bits per heavy atom. The Bertz CT molecular complexity index is 489. The van der Waals surface area contributed by atoms with E-state index in [9.17, 15) is 9.59 Å². The first kappa shape index (κ1) is 19.4. The fourth-order valence-electron chi connectivity index (χ4n) is 3.05. The SMILES string of the molecule is CCCCCCCCN1C(SCCCl)=NC2C1C(=O)NC(=O)N2C. The lowest BCUT2D eigenvalue weighted by Crippen LogP contribution is -2.63. The molecule has 1 saturated heterocycles. The molecule has 6 nitrogen and oxygen atoms in total. The third kappa shape index (κ3) is 4.57. The molecule has 1 fully saturated rings. The molecule has 2 heterocycles. The van der Waals surface area contributed by atoms with E-state index >= 15 is 0 Å². The Kier molecular flexibility index (Phi) is 7.68. The predicted octanol–water partition coefficient (Wildman–Crippen LogP) is 2.87. The standard InChI is InChI=1S/C16H27ClN4O2S/c1-3-4-5-6-7-8-10-21-12-13(18-16(21)24-11-9-17)20(2)15(23)19-14(12)22/h12-13H,3-11H2,1-2H3,(H,19,22,23). The highest BCUT2D eigenvalue weighted by atomic mass is 35.5. The van der Waals surface area contributed by atoms with Crippen LogP contribution in [0.1, 0.15) is 45.4 Å². The van der Waals surface area contributed by atoms with Gasteiger partial charge in [-0.1, -0.05) is 50.8 Å². The number of aliphatic imine (C=N–C) groups is 1. The Balaban J connectivity index is 1.98.